The molecule has 6 nitrogen and oxygen atoms in total. The molecule has 2 aromatic rings. The van der Waals surface area contributed by atoms with Crippen molar-refractivity contribution in [2.24, 2.45) is 0 Å². The summed E-state index contributed by atoms with van der Waals surface area (Å²) in [5, 5.41) is 0. The van der Waals surface area contributed by atoms with E-state index in [4.69, 9.17) is 15.1 Å². The van der Waals surface area contributed by atoms with E-state index < -0.39 is 33.1 Å². The van der Waals surface area contributed by atoms with E-state index in [-0.39, 0.29) is 7.25 Å². The van der Waals surface area contributed by atoms with Crippen molar-refractivity contribution in [3.63, 3.8) is 0 Å². The van der Waals surface area contributed by atoms with E-state index in [1.165, 1.54) is 13.8 Å². The van der Waals surface area contributed by atoms with Gasteiger partial charge in [0.2, 0.25) is 0 Å². The monoisotopic (exact) mass is 522 g/mol. The Morgan fingerprint density at radius 3 is 1.27 bits per heavy atom. The van der Waals surface area contributed by atoms with Crippen LogP contribution in [0, 0.1) is 0 Å². The molecule has 0 aromatic heterocycles. The van der Waals surface area contributed by atoms with Crippen molar-refractivity contribution in [3.8, 4) is 23.0 Å². The van der Waals surface area contributed by atoms with Crippen molar-refractivity contribution < 1.29 is 45.8 Å². The van der Waals surface area contributed by atoms with Crippen LogP contribution in [0.4, 0.5) is 0 Å². The van der Waals surface area contributed by atoms with Crippen molar-refractivity contribution in [2.75, 3.05) is 0 Å². The van der Waals surface area contributed by atoms with Gasteiger partial charge >= 0.3 is 199 Å². The summed E-state index contributed by atoms with van der Waals surface area (Å²) in [5.74, 6) is 0.676. The zero-order valence-corrected chi connectivity index (χ0v) is 20.8. The standard InChI is InChI=1S/2C8H8O3.2C5H5.Zr/c2*1-6(9)11-8-5-3-2-4-7(8)10;2*1-2-4-5-3-1;/h2*2-5,10H,1H3;2*1-5H;/q;;;;+2/p-2. The van der Waals surface area contributed by atoms with Crippen LogP contribution in [-0.4, -0.2) is 11.9 Å². The third kappa shape index (κ3) is 5.25. The summed E-state index contributed by atoms with van der Waals surface area (Å²) in [5.41, 5.74) is 0. The van der Waals surface area contributed by atoms with Crippen molar-refractivity contribution >= 4 is 11.9 Å². The summed E-state index contributed by atoms with van der Waals surface area (Å²) in [6.07, 6.45) is 16.2. The van der Waals surface area contributed by atoms with Gasteiger partial charge in [0, 0.05) is 0 Å². The van der Waals surface area contributed by atoms with E-state index in [9.17, 15) is 9.59 Å². The topological polar surface area (TPSA) is 71.1 Å². The minimum absolute atomic E-state index is 0.0903. The summed E-state index contributed by atoms with van der Waals surface area (Å²) < 4.78 is 24.3. The van der Waals surface area contributed by atoms with Crippen LogP contribution in [0.2, 0.25) is 7.25 Å². The molecule has 2 aliphatic rings. The fraction of sp³-hybridized carbons (Fsp3) is 0.154. The molecule has 0 N–H and O–H groups in total. The van der Waals surface area contributed by atoms with Gasteiger partial charge in [-0.3, -0.25) is 0 Å². The number of hydrogen-bond acceptors (Lipinski definition) is 6. The SMILES string of the molecule is CC(=O)Oc1ccccc1[O][Zr]([O]c1ccccc1OC(C)=O)([CH]1C=CC=C1)[CH]1C=CC=C1. The van der Waals surface area contributed by atoms with Crippen LogP contribution < -0.4 is 15.1 Å². The van der Waals surface area contributed by atoms with Gasteiger partial charge in [-0.05, 0) is 0 Å². The van der Waals surface area contributed by atoms with E-state index in [2.05, 4.69) is 24.3 Å². The Bertz CT molecular complexity index is 1050. The molecule has 4 rings (SSSR count). The Balaban J connectivity index is 1.83. The molecule has 0 unspecified atom stereocenters. The van der Waals surface area contributed by atoms with E-state index >= 15 is 0 Å². The quantitative estimate of drug-likeness (QED) is 0.321. The molecule has 0 fully saturated rings. The number of para-hydroxylation sites is 4. The molecule has 2 aliphatic carbocycles. The van der Waals surface area contributed by atoms with Crippen molar-refractivity contribution in [3.05, 3.63) is 97.1 Å². The first-order chi connectivity index (χ1) is 16.0. The summed E-state index contributed by atoms with van der Waals surface area (Å²) in [6, 6.07) is 14.2. The molecule has 2 aromatic carbocycles. The summed E-state index contributed by atoms with van der Waals surface area (Å²) in [7, 11) is 0. The predicted octanol–water partition coefficient (Wildman–Crippen LogP) is 5.81. The Hall–Kier alpha value is -3.18. The molecule has 7 heteroatoms. The van der Waals surface area contributed by atoms with E-state index in [1.807, 2.05) is 36.4 Å². The molecule has 0 saturated carbocycles. The van der Waals surface area contributed by atoms with E-state index in [1.54, 1.807) is 36.4 Å². The van der Waals surface area contributed by atoms with Crippen LogP contribution in [-0.2, 0) is 30.7 Å². The number of esters is 2. The Labute approximate surface area is 198 Å². The van der Waals surface area contributed by atoms with Gasteiger partial charge < -0.3 is 0 Å². The van der Waals surface area contributed by atoms with Gasteiger partial charge in [0.05, 0.1) is 0 Å². The average Bonchev–Trinajstić information content (AvgIpc) is 3.50. The first-order valence-corrected chi connectivity index (χ1v) is 15.5. The second-order valence-electron chi connectivity index (χ2n) is 7.60. The van der Waals surface area contributed by atoms with Crippen LogP contribution in [0.3, 0.4) is 0 Å². The van der Waals surface area contributed by atoms with Gasteiger partial charge in [-0.15, -0.1) is 0 Å². The summed E-state index contributed by atoms with van der Waals surface area (Å²) >= 11 is -4.33. The molecular weight excluding hydrogens is 500 g/mol. The maximum absolute atomic E-state index is 11.7. The third-order valence-electron chi connectivity index (χ3n) is 5.17. The van der Waals surface area contributed by atoms with Gasteiger partial charge in [0.1, 0.15) is 0 Å². The Morgan fingerprint density at radius 1 is 0.606 bits per heavy atom. The number of carbonyl (C=O) groups is 2. The number of rotatable bonds is 8. The van der Waals surface area contributed by atoms with E-state index in [0.29, 0.717) is 23.0 Å². The fourth-order valence-electron chi connectivity index (χ4n) is 3.81. The fourth-order valence-corrected chi connectivity index (χ4v) is 12.6. The Morgan fingerprint density at radius 2 is 0.939 bits per heavy atom. The van der Waals surface area contributed by atoms with Crippen LogP contribution in [0.5, 0.6) is 23.0 Å². The van der Waals surface area contributed by atoms with Crippen LogP contribution >= 0.6 is 0 Å². The summed E-state index contributed by atoms with van der Waals surface area (Å²) in [4.78, 5) is 23.4. The maximum atomic E-state index is 11.7. The minimum atomic E-state index is -4.33. The molecule has 0 heterocycles. The molecule has 0 amide bonds. The van der Waals surface area contributed by atoms with Crippen LogP contribution in [0.15, 0.2) is 97.1 Å². The van der Waals surface area contributed by atoms with Crippen LogP contribution in [0.1, 0.15) is 13.8 Å². The second kappa shape index (κ2) is 10.2. The van der Waals surface area contributed by atoms with E-state index in [0.717, 1.165) is 0 Å². The molecule has 0 radical (unpaired) electrons. The normalized spacial score (nSPS) is 15.1. The zero-order chi connectivity index (χ0) is 23.3. The van der Waals surface area contributed by atoms with Gasteiger partial charge in [0.25, 0.3) is 0 Å². The molecule has 0 saturated heterocycles. The first kappa shape index (κ1) is 23.0. The van der Waals surface area contributed by atoms with Gasteiger partial charge in [-0.25, -0.2) is 0 Å². The molecule has 0 atom stereocenters. The molecule has 0 spiro atoms. The average molecular weight is 524 g/mol. The second-order valence-corrected chi connectivity index (χ2v) is 15.4. The molecule has 0 bridgehead atoms. The number of allylic oxidation sites excluding steroid dienone is 8. The molecule has 168 valence electrons. The Kier molecular flexibility index (Phi) is 7.09. The van der Waals surface area contributed by atoms with Crippen molar-refractivity contribution in [2.45, 2.75) is 21.1 Å². The number of benzene rings is 2. The predicted molar refractivity (Wildman–Crippen MR) is 121 cm³/mol. The van der Waals surface area contributed by atoms with Gasteiger partial charge in [0.15, 0.2) is 0 Å². The number of ether oxygens (including phenoxy) is 2. The first-order valence-electron chi connectivity index (χ1n) is 10.6. The zero-order valence-electron chi connectivity index (χ0n) is 18.3. The van der Waals surface area contributed by atoms with Gasteiger partial charge in [-0.1, -0.05) is 0 Å². The molecule has 0 aliphatic heterocycles. The van der Waals surface area contributed by atoms with Crippen molar-refractivity contribution in [1.82, 2.24) is 0 Å². The van der Waals surface area contributed by atoms with Crippen LogP contribution in [0.25, 0.3) is 0 Å². The van der Waals surface area contributed by atoms with Gasteiger partial charge in [-0.2, -0.15) is 0 Å². The third-order valence-corrected chi connectivity index (χ3v) is 14.3. The summed E-state index contributed by atoms with van der Waals surface area (Å²) in [6.45, 7) is 2.70. The molecular formula is C26H24O6Zr. The number of carbonyl (C=O) groups excluding carboxylic acids is 2. The number of hydrogen-bond donors (Lipinski definition) is 0. The van der Waals surface area contributed by atoms with Crippen molar-refractivity contribution in [1.29, 1.82) is 0 Å². The molecule has 33 heavy (non-hydrogen) atoms.